The number of hydrogen-bond acceptors (Lipinski definition) is 2. The van der Waals surface area contributed by atoms with Crippen LogP contribution in [-0.2, 0) is 24.4 Å². The van der Waals surface area contributed by atoms with Crippen LogP contribution in [0.15, 0.2) is 36.5 Å². The first kappa shape index (κ1) is 22.5. The zero-order valence-corrected chi connectivity index (χ0v) is 17.4. The summed E-state index contributed by atoms with van der Waals surface area (Å²) in [6.45, 7) is 1.78. The Bertz CT molecular complexity index is 1350. The fraction of sp³-hybridized carbons (Fsp3) is 0.217. The fourth-order valence-electron chi connectivity index (χ4n) is 4.27. The van der Waals surface area contributed by atoms with Crippen molar-refractivity contribution in [2.45, 2.75) is 19.5 Å². The number of nitrogens with zero attached hydrogens (tertiary/aromatic N) is 2. The maximum absolute atomic E-state index is 14.4. The van der Waals surface area contributed by atoms with Crippen molar-refractivity contribution < 1.29 is 36.6 Å². The zero-order chi connectivity index (χ0) is 24.2. The van der Waals surface area contributed by atoms with Gasteiger partial charge < -0.3 is 14.6 Å². The molecule has 2 heterocycles. The van der Waals surface area contributed by atoms with E-state index in [1.807, 2.05) is 25.1 Å². The van der Waals surface area contributed by atoms with Crippen molar-refractivity contribution in [3.8, 4) is 0 Å². The van der Waals surface area contributed by atoms with Gasteiger partial charge in [-0.2, -0.15) is 13.2 Å². The Hall–Kier alpha value is -3.69. The molecule has 1 aliphatic heterocycles. The summed E-state index contributed by atoms with van der Waals surface area (Å²) in [5, 5.41) is 10.7. The van der Waals surface area contributed by atoms with Gasteiger partial charge in [0, 0.05) is 30.7 Å². The molecule has 0 unspecified atom stereocenters. The van der Waals surface area contributed by atoms with Gasteiger partial charge in [-0.3, -0.25) is 4.79 Å². The molecule has 0 spiro atoms. The number of hydrogen-bond donors (Lipinski definition) is 1. The lowest BCUT2D eigenvalue weighted by molar-refractivity contribution is -0.140. The third-order valence-corrected chi connectivity index (χ3v) is 5.79. The molecule has 172 valence electrons. The second kappa shape index (κ2) is 7.72. The van der Waals surface area contributed by atoms with Gasteiger partial charge >= 0.3 is 12.1 Å². The molecule has 0 atom stereocenters. The molecule has 0 fully saturated rings. The number of aliphatic carboxylic acids is 1. The lowest BCUT2D eigenvalue weighted by Crippen LogP contribution is -2.29. The van der Waals surface area contributed by atoms with E-state index < -0.39 is 40.8 Å². The number of carboxylic acid groups (broad SMARTS) is 1. The third kappa shape index (κ3) is 3.55. The molecule has 0 saturated carbocycles. The number of aromatic nitrogens is 1. The lowest BCUT2D eigenvalue weighted by Gasteiger charge is -2.19. The van der Waals surface area contributed by atoms with Crippen LogP contribution in [0, 0.1) is 18.6 Å². The minimum Gasteiger partial charge on any atom is -0.478 e. The smallest absolute Gasteiger partial charge is 0.419 e. The fourth-order valence-corrected chi connectivity index (χ4v) is 4.27. The Kier molecular flexibility index (Phi) is 5.26. The quantitative estimate of drug-likeness (QED) is 0.549. The number of carbonyl (C=O) groups is 2. The topological polar surface area (TPSA) is 62.5 Å². The Morgan fingerprint density at radius 3 is 2.39 bits per heavy atom. The van der Waals surface area contributed by atoms with Crippen LogP contribution < -0.4 is 0 Å². The van der Waals surface area contributed by atoms with Gasteiger partial charge in [-0.05, 0) is 42.7 Å². The van der Waals surface area contributed by atoms with Gasteiger partial charge in [-0.15, -0.1) is 0 Å². The molecule has 5 nitrogen and oxygen atoms in total. The van der Waals surface area contributed by atoms with Gasteiger partial charge in [-0.1, -0.05) is 12.1 Å². The van der Waals surface area contributed by atoms with Crippen LogP contribution in [0.4, 0.5) is 22.0 Å². The van der Waals surface area contributed by atoms with Crippen LogP contribution in [0.25, 0.3) is 16.5 Å². The van der Waals surface area contributed by atoms with Gasteiger partial charge in [-0.25, -0.2) is 13.6 Å². The summed E-state index contributed by atoms with van der Waals surface area (Å²) in [4.78, 5) is 25.9. The second-order valence-electron chi connectivity index (χ2n) is 7.74. The van der Waals surface area contributed by atoms with Gasteiger partial charge in [0.2, 0.25) is 0 Å². The molecule has 10 heteroatoms. The SMILES string of the molecule is Cc1cccc2c1c1c(n2C)C(C(=O)O)=CN(C(=O)c2ccc(C(F)(F)F)c(F)c2F)CC1. The number of halogens is 5. The molecule has 0 saturated heterocycles. The zero-order valence-electron chi connectivity index (χ0n) is 17.4. The van der Waals surface area contributed by atoms with Crippen LogP contribution in [0.2, 0.25) is 0 Å². The Morgan fingerprint density at radius 2 is 1.76 bits per heavy atom. The van der Waals surface area contributed by atoms with Gasteiger partial charge in [0.15, 0.2) is 11.6 Å². The van der Waals surface area contributed by atoms with Crippen molar-refractivity contribution in [1.29, 1.82) is 0 Å². The average molecular weight is 464 g/mol. The highest BCUT2D eigenvalue weighted by Gasteiger charge is 2.37. The second-order valence-corrected chi connectivity index (χ2v) is 7.74. The molecule has 0 radical (unpaired) electrons. The maximum atomic E-state index is 14.4. The van der Waals surface area contributed by atoms with Crippen LogP contribution in [0.3, 0.4) is 0 Å². The van der Waals surface area contributed by atoms with Crippen LogP contribution in [0.5, 0.6) is 0 Å². The molecule has 1 aromatic heterocycles. The van der Waals surface area contributed by atoms with E-state index in [1.165, 1.54) is 0 Å². The third-order valence-electron chi connectivity index (χ3n) is 5.79. The average Bonchev–Trinajstić information content (AvgIpc) is 2.89. The number of fused-ring (bicyclic) bond motifs is 3. The van der Waals surface area contributed by atoms with Gasteiger partial charge in [0.1, 0.15) is 0 Å². The summed E-state index contributed by atoms with van der Waals surface area (Å²) in [6.07, 6.45) is -3.92. The molecule has 0 aliphatic carbocycles. The predicted octanol–water partition coefficient (Wildman–Crippen LogP) is 4.91. The number of benzene rings is 2. The highest BCUT2D eigenvalue weighted by molar-refractivity contribution is 6.17. The molecule has 0 bridgehead atoms. The normalized spacial score (nSPS) is 14.2. The van der Waals surface area contributed by atoms with Crippen molar-refractivity contribution in [1.82, 2.24) is 9.47 Å². The van der Waals surface area contributed by atoms with Crippen molar-refractivity contribution in [2.24, 2.45) is 7.05 Å². The van der Waals surface area contributed by atoms with E-state index in [9.17, 15) is 36.6 Å². The summed E-state index contributed by atoms with van der Waals surface area (Å²) in [5.74, 6) is -6.62. The summed E-state index contributed by atoms with van der Waals surface area (Å²) < 4.78 is 68.7. The van der Waals surface area contributed by atoms with E-state index in [0.29, 0.717) is 17.3 Å². The minimum atomic E-state index is -5.13. The number of amides is 1. The number of aryl methyl sites for hydroxylation is 2. The minimum absolute atomic E-state index is 0.0852. The number of alkyl halides is 3. The van der Waals surface area contributed by atoms with Crippen LogP contribution in [-0.4, -0.2) is 33.0 Å². The van der Waals surface area contributed by atoms with E-state index in [4.69, 9.17) is 0 Å². The van der Waals surface area contributed by atoms with Crippen molar-refractivity contribution >= 4 is 28.4 Å². The first-order valence-electron chi connectivity index (χ1n) is 9.82. The number of rotatable bonds is 2. The molecule has 1 aliphatic rings. The predicted molar refractivity (Wildman–Crippen MR) is 109 cm³/mol. The first-order valence-corrected chi connectivity index (χ1v) is 9.82. The van der Waals surface area contributed by atoms with Crippen molar-refractivity contribution in [2.75, 3.05) is 6.54 Å². The molecule has 3 aromatic rings. The lowest BCUT2D eigenvalue weighted by atomic mass is 10.0. The van der Waals surface area contributed by atoms with Crippen molar-refractivity contribution in [3.05, 3.63) is 76.1 Å². The van der Waals surface area contributed by atoms with E-state index in [1.54, 1.807) is 11.6 Å². The van der Waals surface area contributed by atoms with E-state index in [0.717, 1.165) is 27.6 Å². The summed E-state index contributed by atoms with van der Waals surface area (Å²) in [6, 6.07) is 6.37. The Labute approximate surface area is 184 Å². The van der Waals surface area contributed by atoms with Gasteiger partial charge in [0.25, 0.3) is 5.91 Å². The standard InChI is InChI=1S/C23H17F5N2O3/c1-11-4-3-5-16-17(11)12-8-9-30(10-14(22(32)33)20(12)29(16)2)21(31)13-6-7-15(23(26,27)28)19(25)18(13)24/h3-7,10H,8-9H2,1-2H3,(H,32,33). The number of carboxylic acids is 1. The molecule has 33 heavy (non-hydrogen) atoms. The highest BCUT2D eigenvalue weighted by atomic mass is 19.4. The molecule has 1 N–H and O–H groups in total. The molecular formula is C23H17F5N2O3. The molecule has 1 amide bonds. The summed E-state index contributed by atoms with van der Waals surface area (Å²) in [7, 11) is 1.68. The summed E-state index contributed by atoms with van der Waals surface area (Å²) in [5.41, 5.74) is -0.277. The number of carbonyl (C=O) groups excluding carboxylic acids is 1. The highest BCUT2D eigenvalue weighted by Crippen LogP contribution is 2.36. The summed E-state index contributed by atoms with van der Waals surface area (Å²) >= 11 is 0. The van der Waals surface area contributed by atoms with Crippen LogP contribution >= 0.6 is 0 Å². The Morgan fingerprint density at radius 1 is 1.06 bits per heavy atom. The van der Waals surface area contributed by atoms with Crippen molar-refractivity contribution in [3.63, 3.8) is 0 Å². The largest absolute Gasteiger partial charge is 0.478 e. The van der Waals surface area contributed by atoms with Crippen LogP contribution in [0.1, 0.15) is 32.7 Å². The van der Waals surface area contributed by atoms with E-state index in [-0.39, 0.29) is 24.6 Å². The Balaban J connectivity index is 1.83. The van der Waals surface area contributed by atoms with E-state index >= 15 is 0 Å². The molecule has 2 aromatic carbocycles. The monoisotopic (exact) mass is 464 g/mol. The van der Waals surface area contributed by atoms with Gasteiger partial charge in [0.05, 0.1) is 22.4 Å². The first-order chi connectivity index (χ1) is 15.4. The molecular weight excluding hydrogens is 447 g/mol. The van der Waals surface area contributed by atoms with E-state index in [2.05, 4.69) is 0 Å². The maximum Gasteiger partial charge on any atom is 0.419 e. The molecule has 4 rings (SSSR count).